The van der Waals surface area contributed by atoms with Gasteiger partial charge in [0.25, 0.3) is 0 Å². The number of hydrogen-bond donors (Lipinski definition) is 0. The van der Waals surface area contributed by atoms with Gasteiger partial charge in [-0.25, -0.2) is 0 Å². The van der Waals surface area contributed by atoms with Crippen molar-refractivity contribution in [1.29, 1.82) is 0 Å². The van der Waals surface area contributed by atoms with Gasteiger partial charge in [0, 0.05) is 38.5 Å². The fourth-order valence-corrected chi connectivity index (χ4v) is 15.0. The maximum absolute atomic E-state index is 12.1. The van der Waals surface area contributed by atoms with Gasteiger partial charge in [0.15, 0.2) is 0 Å². The molecular formula is C112H224O12. The first-order chi connectivity index (χ1) is 59.8. The van der Waals surface area contributed by atoms with E-state index in [-0.39, 0.29) is 48.0 Å². The standard InChI is InChI=1S/C24H48O2.C22H44O2.C21H42O2.C17H34O2.C15H30O2.C13H26O2/c1-5-7-9-11-13-15-17-19-23(26-24(25)21-22(3)4)20-18-16-14-12-10-8-6-2;1-5-7-9-11-13-15-17-21(24-22(23)19-20(3)4)18-16-14-12-10-8-6-2;1-4-5-6-7-8-9-10-11-12-13-14-15-16-17-18-23-21(22)19-20(2)3;1-4-5-6-7-8-9-10-11-12-13-14-19-17(18)15-16(2)3;1-4-5-6-7-8-9-10-11-12-17-15(16)13-14(2)3;1-5-7-8-12(6-2)10-15-13(14)9-11(3)4/h22-23H,5-21H2,1-4H3;20-21H,5-19H2,1-4H3;20H,4-19H2,1-3H3;16H,4-15H2,1-3H3;14H,4-13H2,1-3H3;11-12H,5-10H2,1-4H3. The summed E-state index contributed by atoms with van der Waals surface area (Å²) in [5.74, 6) is 2.81. The lowest BCUT2D eigenvalue weighted by Gasteiger charge is -2.19. The van der Waals surface area contributed by atoms with E-state index in [2.05, 4.69) is 90.0 Å². The quantitative estimate of drug-likeness (QED) is 0.0323. The molecule has 12 heteroatoms. The molecule has 0 aromatic heterocycles. The van der Waals surface area contributed by atoms with Crippen molar-refractivity contribution in [2.75, 3.05) is 26.4 Å². The molecule has 0 heterocycles. The molecular weight excluding hydrogens is 1540 g/mol. The molecule has 0 aliphatic heterocycles. The molecule has 0 spiro atoms. The van der Waals surface area contributed by atoms with E-state index in [1.807, 2.05) is 55.4 Å². The average Bonchev–Trinajstić information content (AvgIpc) is 0.970. The van der Waals surface area contributed by atoms with Crippen LogP contribution in [0.4, 0.5) is 0 Å². The number of carbonyl (C=O) groups is 6. The van der Waals surface area contributed by atoms with Gasteiger partial charge in [-0.05, 0) is 118 Å². The van der Waals surface area contributed by atoms with Crippen molar-refractivity contribution in [2.45, 2.75) is 620 Å². The molecule has 0 aliphatic carbocycles. The van der Waals surface area contributed by atoms with Crippen molar-refractivity contribution < 1.29 is 57.2 Å². The van der Waals surface area contributed by atoms with Crippen molar-refractivity contribution in [3.63, 3.8) is 0 Å². The van der Waals surface area contributed by atoms with Gasteiger partial charge in [0.1, 0.15) is 12.2 Å². The Bertz CT molecular complexity index is 2070. The summed E-state index contributed by atoms with van der Waals surface area (Å²) in [4.78, 5) is 69.3. The summed E-state index contributed by atoms with van der Waals surface area (Å²) in [6.45, 7) is 47.3. The third-order valence-electron chi connectivity index (χ3n) is 22.9. The number of rotatable bonds is 85. The molecule has 0 saturated carbocycles. The van der Waals surface area contributed by atoms with Gasteiger partial charge >= 0.3 is 35.8 Å². The fraction of sp³-hybridized carbons (Fsp3) is 0.946. The molecule has 12 nitrogen and oxygen atoms in total. The number of unbranched alkanes of at least 4 members (excludes halogenated alkanes) is 52. The van der Waals surface area contributed by atoms with E-state index < -0.39 is 0 Å². The zero-order chi connectivity index (χ0) is 93.6. The van der Waals surface area contributed by atoms with E-state index in [0.717, 1.165) is 51.4 Å². The molecule has 1 unspecified atom stereocenters. The molecule has 0 bridgehead atoms. The Balaban J connectivity index is -0.000000340. The lowest BCUT2D eigenvalue weighted by Crippen LogP contribution is -2.19. The second-order valence-corrected chi connectivity index (χ2v) is 39.8. The van der Waals surface area contributed by atoms with Crippen LogP contribution in [-0.4, -0.2) is 74.5 Å². The van der Waals surface area contributed by atoms with Gasteiger partial charge in [-0.2, -0.15) is 0 Å². The highest BCUT2D eigenvalue weighted by Crippen LogP contribution is 2.23. The van der Waals surface area contributed by atoms with Crippen molar-refractivity contribution in [3.05, 3.63) is 0 Å². The van der Waals surface area contributed by atoms with E-state index >= 15 is 0 Å². The Morgan fingerprint density at radius 1 is 0.177 bits per heavy atom. The summed E-state index contributed by atoms with van der Waals surface area (Å²) in [6.07, 6.45) is 89.2. The van der Waals surface area contributed by atoms with E-state index in [9.17, 15) is 28.8 Å². The molecule has 0 amide bonds. The van der Waals surface area contributed by atoms with Crippen LogP contribution in [0.5, 0.6) is 0 Å². The Hall–Kier alpha value is -3.18. The fourth-order valence-electron chi connectivity index (χ4n) is 15.0. The van der Waals surface area contributed by atoms with Gasteiger partial charge in [0.05, 0.1) is 26.4 Å². The van der Waals surface area contributed by atoms with Crippen LogP contribution in [0.3, 0.4) is 0 Å². The van der Waals surface area contributed by atoms with Crippen LogP contribution in [0.1, 0.15) is 608 Å². The highest BCUT2D eigenvalue weighted by molar-refractivity contribution is 5.71. The van der Waals surface area contributed by atoms with Crippen molar-refractivity contribution in [1.82, 2.24) is 0 Å². The minimum atomic E-state index is -0.0417. The summed E-state index contributed by atoms with van der Waals surface area (Å²) in [5.41, 5.74) is 0. The molecule has 0 rings (SSSR count). The van der Waals surface area contributed by atoms with E-state index in [1.165, 1.54) is 372 Å². The van der Waals surface area contributed by atoms with Gasteiger partial charge in [0.2, 0.25) is 0 Å². The van der Waals surface area contributed by atoms with Crippen molar-refractivity contribution in [3.8, 4) is 0 Å². The molecule has 0 aromatic rings. The molecule has 0 radical (unpaired) electrons. The predicted molar refractivity (Wildman–Crippen MR) is 540 cm³/mol. The minimum Gasteiger partial charge on any atom is -0.466 e. The van der Waals surface area contributed by atoms with Crippen LogP contribution in [0.15, 0.2) is 0 Å². The van der Waals surface area contributed by atoms with Crippen LogP contribution in [0.2, 0.25) is 0 Å². The van der Waals surface area contributed by atoms with Crippen LogP contribution in [0.25, 0.3) is 0 Å². The molecule has 0 N–H and O–H groups in total. The first kappa shape index (κ1) is 132. The molecule has 1 atom stereocenters. The topological polar surface area (TPSA) is 158 Å². The third kappa shape index (κ3) is 125. The lowest BCUT2D eigenvalue weighted by molar-refractivity contribution is -0.151. The number of carbonyl (C=O) groups excluding carboxylic acids is 6. The summed E-state index contributed by atoms with van der Waals surface area (Å²) in [5, 5.41) is 0. The number of esters is 6. The smallest absolute Gasteiger partial charge is 0.306 e. The molecule has 124 heavy (non-hydrogen) atoms. The maximum atomic E-state index is 12.1. The number of ether oxygens (including phenoxy) is 6. The largest absolute Gasteiger partial charge is 0.466 e. The first-order valence-corrected chi connectivity index (χ1v) is 54.8. The number of hydrogen-bond acceptors (Lipinski definition) is 12. The van der Waals surface area contributed by atoms with Crippen LogP contribution in [-0.2, 0) is 57.2 Å². The summed E-state index contributed by atoms with van der Waals surface area (Å²) >= 11 is 0. The highest BCUT2D eigenvalue weighted by atomic mass is 16.6. The van der Waals surface area contributed by atoms with Crippen LogP contribution in [0, 0.1) is 41.4 Å². The van der Waals surface area contributed by atoms with Crippen LogP contribution >= 0.6 is 0 Å². The molecule has 0 saturated heterocycles. The monoisotopic (exact) mass is 1760 g/mol. The van der Waals surface area contributed by atoms with E-state index in [1.54, 1.807) is 0 Å². The molecule has 0 aliphatic rings. The Labute approximate surface area is 776 Å². The molecule has 0 fully saturated rings. The first-order valence-electron chi connectivity index (χ1n) is 54.8. The zero-order valence-electron chi connectivity index (χ0n) is 87.8. The van der Waals surface area contributed by atoms with Crippen molar-refractivity contribution >= 4 is 35.8 Å². The van der Waals surface area contributed by atoms with Gasteiger partial charge in [-0.3, -0.25) is 28.8 Å². The summed E-state index contributed by atoms with van der Waals surface area (Å²) in [7, 11) is 0. The average molecular weight is 1760 g/mol. The van der Waals surface area contributed by atoms with Crippen LogP contribution < -0.4 is 0 Å². The zero-order valence-corrected chi connectivity index (χ0v) is 87.8. The highest BCUT2D eigenvalue weighted by Gasteiger charge is 2.19. The minimum absolute atomic E-state index is 0.00645. The third-order valence-corrected chi connectivity index (χ3v) is 22.9. The maximum Gasteiger partial charge on any atom is 0.306 e. The lowest BCUT2D eigenvalue weighted by atomic mass is 10.0. The van der Waals surface area contributed by atoms with E-state index in [0.29, 0.717) is 106 Å². The Morgan fingerprint density at radius 3 is 0.516 bits per heavy atom. The second kappa shape index (κ2) is 110. The Kier molecular flexibility index (Phi) is 117. The molecule has 744 valence electrons. The predicted octanol–water partition coefficient (Wildman–Crippen LogP) is 36.7. The SMILES string of the molecule is CCCCC(CC)COC(=O)CC(C)C.CCCCCCCCC(CCCCCCCC)OC(=O)CC(C)C.CCCCCCCCCC(CCCCCCCCC)OC(=O)CC(C)C.CCCCCCCCCCCCCCCCOC(=O)CC(C)C.CCCCCCCCCCCCOC(=O)CC(C)C.CCCCCCCCCCOC(=O)CC(C)C. The summed E-state index contributed by atoms with van der Waals surface area (Å²) in [6, 6.07) is 0. The normalized spacial score (nSPS) is 11.4. The summed E-state index contributed by atoms with van der Waals surface area (Å²) < 4.78 is 32.4. The van der Waals surface area contributed by atoms with Gasteiger partial charge in [-0.1, -0.05) is 492 Å². The van der Waals surface area contributed by atoms with Gasteiger partial charge < -0.3 is 28.4 Å². The van der Waals surface area contributed by atoms with E-state index in [4.69, 9.17) is 28.4 Å². The Morgan fingerprint density at radius 2 is 0.339 bits per heavy atom. The van der Waals surface area contributed by atoms with Gasteiger partial charge in [-0.15, -0.1) is 0 Å². The molecule has 0 aromatic carbocycles. The van der Waals surface area contributed by atoms with Crippen molar-refractivity contribution in [2.24, 2.45) is 41.4 Å². The second-order valence-electron chi connectivity index (χ2n) is 39.8.